The number of carboxylic acids is 1. The molecular weight excluding hydrogens is 270 g/mol. The molecule has 0 fully saturated rings. The van der Waals surface area contributed by atoms with Gasteiger partial charge in [0.15, 0.2) is 0 Å². The Morgan fingerprint density at radius 3 is 2.33 bits per heavy atom. The van der Waals surface area contributed by atoms with E-state index >= 15 is 0 Å². The molecule has 0 bridgehead atoms. The Hall–Kier alpha value is -2.82. The average molecular weight is 285 g/mol. The van der Waals surface area contributed by atoms with Crippen LogP contribution in [0.15, 0.2) is 48.5 Å². The van der Waals surface area contributed by atoms with E-state index in [4.69, 9.17) is 5.11 Å². The van der Waals surface area contributed by atoms with Gasteiger partial charge in [0, 0.05) is 13.6 Å². The number of nitrogens with zero attached hydrogens (tertiary/aromatic N) is 1. The highest BCUT2D eigenvalue weighted by molar-refractivity contribution is 6.04. The highest BCUT2D eigenvalue weighted by Gasteiger charge is 2.19. The lowest BCUT2D eigenvalue weighted by Crippen LogP contribution is -2.27. The first-order chi connectivity index (χ1) is 9.99. The van der Waals surface area contributed by atoms with E-state index in [0.29, 0.717) is 0 Å². The van der Waals surface area contributed by atoms with Crippen LogP contribution in [0, 0.1) is 0 Å². The van der Waals surface area contributed by atoms with Crippen LogP contribution >= 0.6 is 0 Å². The predicted octanol–water partition coefficient (Wildman–Crippen LogP) is 2.36. The second-order valence-electron chi connectivity index (χ2n) is 4.68. The van der Waals surface area contributed by atoms with Gasteiger partial charge in [-0.2, -0.15) is 0 Å². The number of aromatic carboxylic acids is 1. The lowest BCUT2D eigenvalue weighted by Gasteiger charge is -2.18. The molecule has 0 aromatic heterocycles. The van der Waals surface area contributed by atoms with Crippen LogP contribution in [0.4, 0.5) is 0 Å². The quantitative estimate of drug-likeness (QED) is 0.904. The second kappa shape index (κ2) is 6.09. The molecule has 0 saturated carbocycles. The molecule has 0 aliphatic carbocycles. The number of rotatable bonds is 4. The Kier molecular flexibility index (Phi) is 4.23. The Balaban J connectivity index is 2.22. The minimum atomic E-state index is -1.13. The van der Waals surface area contributed by atoms with Gasteiger partial charge in [0.25, 0.3) is 5.91 Å². The number of amides is 1. The molecule has 0 aliphatic rings. The first kappa shape index (κ1) is 14.6. The van der Waals surface area contributed by atoms with Crippen LogP contribution in [-0.2, 0) is 6.54 Å². The Morgan fingerprint density at radius 2 is 1.71 bits per heavy atom. The van der Waals surface area contributed by atoms with Gasteiger partial charge in [-0.05, 0) is 29.8 Å². The van der Waals surface area contributed by atoms with E-state index in [-0.39, 0.29) is 29.3 Å². The van der Waals surface area contributed by atoms with Crippen molar-refractivity contribution in [1.82, 2.24) is 4.90 Å². The molecule has 2 aromatic rings. The molecule has 0 unspecified atom stereocenters. The molecule has 108 valence electrons. The van der Waals surface area contributed by atoms with E-state index in [1.165, 1.54) is 17.0 Å². The fraction of sp³-hybridized carbons (Fsp3) is 0.125. The van der Waals surface area contributed by atoms with Crippen LogP contribution in [0.1, 0.15) is 26.3 Å². The molecular formula is C16H15NO4. The standard InChI is InChI=1S/C16H15NO4/c1-17(10-11-5-4-6-12(18)9-11)15(19)13-7-2-3-8-14(13)16(20)21/h2-9,18H,10H2,1H3,(H,20,21). The molecule has 0 atom stereocenters. The third-order valence-corrected chi connectivity index (χ3v) is 3.06. The van der Waals surface area contributed by atoms with Crippen molar-refractivity contribution in [3.8, 4) is 5.75 Å². The first-order valence-electron chi connectivity index (χ1n) is 6.34. The summed E-state index contributed by atoms with van der Waals surface area (Å²) in [6.07, 6.45) is 0. The van der Waals surface area contributed by atoms with Crippen LogP contribution in [0.5, 0.6) is 5.75 Å². The number of carbonyl (C=O) groups is 2. The molecule has 5 heteroatoms. The summed E-state index contributed by atoms with van der Waals surface area (Å²) in [5, 5.41) is 18.5. The minimum absolute atomic E-state index is 0.0229. The normalized spacial score (nSPS) is 10.1. The maximum Gasteiger partial charge on any atom is 0.336 e. The van der Waals surface area contributed by atoms with Gasteiger partial charge in [-0.1, -0.05) is 24.3 Å². The van der Waals surface area contributed by atoms with E-state index in [0.717, 1.165) is 5.56 Å². The summed E-state index contributed by atoms with van der Waals surface area (Å²) in [7, 11) is 1.59. The van der Waals surface area contributed by atoms with Crippen LogP contribution in [0.25, 0.3) is 0 Å². The van der Waals surface area contributed by atoms with Crippen LogP contribution in [0.3, 0.4) is 0 Å². The van der Waals surface area contributed by atoms with Crippen molar-refractivity contribution in [2.45, 2.75) is 6.54 Å². The molecule has 0 saturated heterocycles. The van der Waals surface area contributed by atoms with Crippen molar-refractivity contribution in [2.24, 2.45) is 0 Å². The summed E-state index contributed by atoms with van der Waals surface area (Å²) in [6, 6.07) is 12.7. The molecule has 21 heavy (non-hydrogen) atoms. The largest absolute Gasteiger partial charge is 0.508 e. The van der Waals surface area contributed by atoms with Gasteiger partial charge in [-0.3, -0.25) is 4.79 Å². The zero-order chi connectivity index (χ0) is 15.4. The number of benzene rings is 2. The average Bonchev–Trinajstić information content (AvgIpc) is 2.46. The van der Waals surface area contributed by atoms with Crippen molar-refractivity contribution in [3.05, 3.63) is 65.2 Å². The molecule has 0 spiro atoms. The number of phenolic OH excluding ortho intramolecular Hbond substituents is 1. The molecule has 0 heterocycles. The predicted molar refractivity (Wildman–Crippen MR) is 77.3 cm³/mol. The summed E-state index contributed by atoms with van der Waals surface area (Å²) in [4.78, 5) is 24.9. The molecule has 0 radical (unpaired) electrons. The Bertz CT molecular complexity index is 681. The van der Waals surface area contributed by atoms with Crippen LogP contribution in [0.2, 0.25) is 0 Å². The third-order valence-electron chi connectivity index (χ3n) is 3.06. The summed E-state index contributed by atoms with van der Waals surface area (Å²) in [5.74, 6) is -1.39. The van der Waals surface area contributed by atoms with Gasteiger partial charge in [0.1, 0.15) is 5.75 Å². The SMILES string of the molecule is CN(Cc1cccc(O)c1)C(=O)c1ccccc1C(=O)O. The zero-order valence-electron chi connectivity index (χ0n) is 11.5. The van der Waals surface area contributed by atoms with Crippen LogP contribution in [-0.4, -0.2) is 34.0 Å². The van der Waals surface area contributed by atoms with Gasteiger partial charge in [-0.15, -0.1) is 0 Å². The van der Waals surface area contributed by atoms with Crippen molar-refractivity contribution >= 4 is 11.9 Å². The van der Waals surface area contributed by atoms with Gasteiger partial charge in [0.05, 0.1) is 11.1 Å². The summed E-state index contributed by atoms with van der Waals surface area (Å²) < 4.78 is 0. The summed E-state index contributed by atoms with van der Waals surface area (Å²) >= 11 is 0. The van der Waals surface area contributed by atoms with E-state index in [1.807, 2.05) is 0 Å². The molecule has 2 rings (SSSR count). The fourth-order valence-electron chi connectivity index (χ4n) is 2.06. The van der Waals surface area contributed by atoms with Crippen molar-refractivity contribution in [3.63, 3.8) is 0 Å². The van der Waals surface area contributed by atoms with E-state index in [9.17, 15) is 14.7 Å². The number of hydrogen-bond acceptors (Lipinski definition) is 3. The second-order valence-corrected chi connectivity index (χ2v) is 4.68. The maximum absolute atomic E-state index is 12.4. The van der Waals surface area contributed by atoms with Crippen molar-refractivity contribution in [2.75, 3.05) is 7.05 Å². The summed E-state index contributed by atoms with van der Waals surface area (Å²) in [6.45, 7) is 0.279. The lowest BCUT2D eigenvalue weighted by atomic mass is 10.1. The summed E-state index contributed by atoms with van der Waals surface area (Å²) in [5.41, 5.74) is 0.886. The van der Waals surface area contributed by atoms with Gasteiger partial charge in [0.2, 0.25) is 0 Å². The topological polar surface area (TPSA) is 77.8 Å². The number of carboxylic acid groups (broad SMARTS) is 1. The highest BCUT2D eigenvalue weighted by Crippen LogP contribution is 2.16. The number of carbonyl (C=O) groups excluding carboxylic acids is 1. The highest BCUT2D eigenvalue weighted by atomic mass is 16.4. The lowest BCUT2D eigenvalue weighted by molar-refractivity contribution is 0.0680. The molecule has 5 nitrogen and oxygen atoms in total. The maximum atomic E-state index is 12.4. The first-order valence-corrected chi connectivity index (χ1v) is 6.34. The Morgan fingerprint density at radius 1 is 1.05 bits per heavy atom. The molecule has 2 aromatic carbocycles. The van der Waals surface area contributed by atoms with E-state index < -0.39 is 5.97 Å². The number of phenols is 1. The minimum Gasteiger partial charge on any atom is -0.508 e. The monoisotopic (exact) mass is 285 g/mol. The Labute approximate surface area is 122 Å². The van der Waals surface area contributed by atoms with E-state index in [2.05, 4.69) is 0 Å². The van der Waals surface area contributed by atoms with Gasteiger partial charge in [-0.25, -0.2) is 4.79 Å². The van der Waals surface area contributed by atoms with Gasteiger partial charge >= 0.3 is 5.97 Å². The smallest absolute Gasteiger partial charge is 0.336 e. The van der Waals surface area contributed by atoms with E-state index in [1.54, 1.807) is 43.4 Å². The fourth-order valence-corrected chi connectivity index (χ4v) is 2.06. The number of hydrogen-bond donors (Lipinski definition) is 2. The van der Waals surface area contributed by atoms with Crippen molar-refractivity contribution in [1.29, 1.82) is 0 Å². The zero-order valence-corrected chi connectivity index (χ0v) is 11.5. The number of aromatic hydroxyl groups is 1. The van der Waals surface area contributed by atoms with Gasteiger partial charge < -0.3 is 15.1 Å². The van der Waals surface area contributed by atoms with Crippen LogP contribution < -0.4 is 0 Å². The third kappa shape index (κ3) is 3.39. The molecule has 2 N–H and O–H groups in total. The van der Waals surface area contributed by atoms with Crippen molar-refractivity contribution < 1.29 is 19.8 Å². The molecule has 1 amide bonds. The molecule has 0 aliphatic heterocycles.